The Morgan fingerprint density at radius 2 is 1.68 bits per heavy atom. The van der Waals surface area contributed by atoms with Gasteiger partial charge in [-0.25, -0.2) is 4.39 Å². The third-order valence-corrected chi connectivity index (χ3v) is 4.33. The average Bonchev–Trinajstić information content (AvgIpc) is 2.66. The largest absolute Gasteiger partial charge is 0.357 e. The van der Waals surface area contributed by atoms with Gasteiger partial charge in [0.2, 0.25) is 11.8 Å². The molecular formula is C19H29FIN5O2. The molecule has 0 unspecified atom stereocenters. The zero-order valence-corrected chi connectivity index (χ0v) is 18.7. The standard InChI is InChI=1S/C19H28FN5O2.HI/c1-3-21-19(25-12-10-24(11-13-25)15(2)26)23-9-8-22-18(27)14-16-4-6-17(20)7-5-16;/h4-7H,3,8-14H2,1-2H3,(H,21,23)(H,22,27);1H. The summed E-state index contributed by atoms with van der Waals surface area (Å²) in [5.41, 5.74) is 0.772. The number of piperazine rings is 1. The van der Waals surface area contributed by atoms with Gasteiger partial charge in [0.15, 0.2) is 5.96 Å². The van der Waals surface area contributed by atoms with Crippen molar-refractivity contribution in [2.24, 2.45) is 4.99 Å². The third kappa shape index (κ3) is 7.99. The van der Waals surface area contributed by atoms with E-state index in [4.69, 9.17) is 0 Å². The van der Waals surface area contributed by atoms with Crippen molar-refractivity contribution in [3.63, 3.8) is 0 Å². The van der Waals surface area contributed by atoms with Gasteiger partial charge in [0.1, 0.15) is 5.82 Å². The number of amides is 2. The summed E-state index contributed by atoms with van der Waals surface area (Å²) in [5, 5.41) is 6.08. The van der Waals surface area contributed by atoms with Crippen molar-refractivity contribution in [3.05, 3.63) is 35.6 Å². The Hall–Kier alpha value is -1.91. The van der Waals surface area contributed by atoms with Crippen molar-refractivity contribution in [1.82, 2.24) is 20.4 Å². The molecule has 9 heteroatoms. The highest BCUT2D eigenvalue weighted by Crippen LogP contribution is 2.04. The van der Waals surface area contributed by atoms with Crippen LogP contribution in [-0.4, -0.2) is 73.4 Å². The van der Waals surface area contributed by atoms with E-state index >= 15 is 0 Å². The van der Waals surface area contributed by atoms with Gasteiger partial charge in [0.25, 0.3) is 0 Å². The van der Waals surface area contributed by atoms with Gasteiger partial charge in [-0.2, -0.15) is 0 Å². The summed E-state index contributed by atoms with van der Waals surface area (Å²) in [4.78, 5) is 31.9. The molecule has 156 valence electrons. The number of nitrogens with one attached hydrogen (secondary N) is 2. The maximum absolute atomic E-state index is 12.9. The second kappa shape index (κ2) is 12.5. The van der Waals surface area contributed by atoms with Crippen LogP contribution in [0, 0.1) is 5.82 Å². The first-order chi connectivity index (χ1) is 13.0. The van der Waals surface area contributed by atoms with Crippen LogP contribution in [0.15, 0.2) is 29.3 Å². The van der Waals surface area contributed by atoms with E-state index in [1.54, 1.807) is 19.1 Å². The van der Waals surface area contributed by atoms with Crippen LogP contribution in [0.1, 0.15) is 19.4 Å². The summed E-state index contributed by atoms with van der Waals surface area (Å²) in [6.07, 6.45) is 0.219. The highest BCUT2D eigenvalue weighted by atomic mass is 127. The molecule has 0 saturated carbocycles. The predicted octanol–water partition coefficient (Wildman–Crippen LogP) is 1.23. The molecule has 2 rings (SSSR count). The predicted molar refractivity (Wildman–Crippen MR) is 118 cm³/mol. The molecule has 1 aliphatic rings. The molecule has 1 fully saturated rings. The molecule has 2 amide bonds. The Labute approximate surface area is 182 Å². The van der Waals surface area contributed by atoms with E-state index in [2.05, 4.69) is 20.5 Å². The topological polar surface area (TPSA) is 77.0 Å². The van der Waals surface area contributed by atoms with Crippen LogP contribution >= 0.6 is 24.0 Å². The van der Waals surface area contributed by atoms with E-state index in [0.717, 1.165) is 31.2 Å². The van der Waals surface area contributed by atoms with Gasteiger partial charge in [0, 0.05) is 46.2 Å². The maximum Gasteiger partial charge on any atom is 0.224 e. The smallest absolute Gasteiger partial charge is 0.224 e. The molecule has 1 aromatic carbocycles. The van der Waals surface area contributed by atoms with Crippen LogP contribution in [-0.2, 0) is 16.0 Å². The fourth-order valence-corrected chi connectivity index (χ4v) is 2.87. The highest BCUT2D eigenvalue weighted by molar-refractivity contribution is 14.0. The van der Waals surface area contributed by atoms with Crippen molar-refractivity contribution < 1.29 is 14.0 Å². The second-order valence-corrected chi connectivity index (χ2v) is 6.38. The number of rotatable bonds is 6. The Bertz CT molecular complexity index is 661. The molecule has 0 atom stereocenters. The van der Waals surface area contributed by atoms with Crippen LogP contribution in [0.2, 0.25) is 0 Å². The van der Waals surface area contributed by atoms with E-state index in [9.17, 15) is 14.0 Å². The fraction of sp³-hybridized carbons (Fsp3) is 0.526. The zero-order valence-electron chi connectivity index (χ0n) is 16.4. The van der Waals surface area contributed by atoms with E-state index in [1.165, 1.54) is 12.1 Å². The van der Waals surface area contributed by atoms with Crippen LogP contribution in [0.25, 0.3) is 0 Å². The lowest BCUT2D eigenvalue weighted by atomic mass is 10.1. The minimum absolute atomic E-state index is 0. The van der Waals surface area contributed by atoms with Crippen molar-refractivity contribution in [1.29, 1.82) is 0 Å². The molecule has 0 bridgehead atoms. The summed E-state index contributed by atoms with van der Waals surface area (Å²) in [6.45, 7) is 8.10. The van der Waals surface area contributed by atoms with E-state index in [0.29, 0.717) is 26.2 Å². The molecule has 1 saturated heterocycles. The van der Waals surface area contributed by atoms with Crippen LogP contribution < -0.4 is 10.6 Å². The van der Waals surface area contributed by atoms with Gasteiger partial charge in [-0.1, -0.05) is 12.1 Å². The summed E-state index contributed by atoms with van der Waals surface area (Å²) < 4.78 is 12.9. The van der Waals surface area contributed by atoms with Crippen molar-refractivity contribution in [2.45, 2.75) is 20.3 Å². The molecular weight excluding hydrogens is 476 g/mol. The number of nitrogens with zero attached hydrogens (tertiary/aromatic N) is 3. The number of hydrogen-bond acceptors (Lipinski definition) is 3. The summed E-state index contributed by atoms with van der Waals surface area (Å²) in [5.74, 6) is 0.472. The summed E-state index contributed by atoms with van der Waals surface area (Å²) >= 11 is 0. The van der Waals surface area contributed by atoms with Crippen molar-refractivity contribution >= 4 is 41.8 Å². The summed E-state index contributed by atoms with van der Waals surface area (Å²) in [6, 6.07) is 5.91. The SMILES string of the molecule is CCNC(=NCCNC(=O)Cc1ccc(F)cc1)N1CCN(C(C)=O)CC1.I. The first kappa shape index (κ1) is 24.1. The number of guanidine groups is 1. The molecule has 1 aliphatic heterocycles. The molecule has 1 heterocycles. The monoisotopic (exact) mass is 505 g/mol. The maximum atomic E-state index is 12.9. The van der Waals surface area contributed by atoms with Gasteiger partial charge in [-0.3, -0.25) is 14.6 Å². The van der Waals surface area contributed by atoms with Gasteiger partial charge < -0.3 is 20.4 Å². The van der Waals surface area contributed by atoms with Crippen LogP contribution in [0.5, 0.6) is 0 Å². The van der Waals surface area contributed by atoms with Gasteiger partial charge >= 0.3 is 0 Å². The number of carbonyl (C=O) groups is 2. The lowest BCUT2D eigenvalue weighted by Crippen LogP contribution is -2.53. The number of benzene rings is 1. The van der Waals surface area contributed by atoms with Crippen molar-refractivity contribution in [2.75, 3.05) is 45.8 Å². The first-order valence-electron chi connectivity index (χ1n) is 9.29. The van der Waals surface area contributed by atoms with Gasteiger partial charge in [-0.05, 0) is 24.6 Å². The molecule has 1 aromatic rings. The number of halogens is 2. The lowest BCUT2D eigenvalue weighted by Gasteiger charge is -2.36. The minimum Gasteiger partial charge on any atom is -0.357 e. The Morgan fingerprint density at radius 1 is 1.07 bits per heavy atom. The van der Waals surface area contributed by atoms with E-state index < -0.39 is 0 Å². The van der Waals surface area contributed by atoms with Crippen LogP contribution in [0.3, 0.4) is 0 Å². The lowest BCUT2D eigenvalue weighted by molar-refractivity contribution is -0.130. The van der Waals surface area contributed by atoms with Crippen LogP contribution in [0.4, 0.5) is 4.39 Å². The Kier molecular flexibility index (Phi) is 10.8. The number of carbonyl (C=O) groups excluding carboxylic acids is 2. The molecule has 0 spiro atoms. The molecule has 0 aliphatic carbocycles. The van der Waals surface area contributed by atoms with Gasteiger partial charge in [0.05, 0.1) is 13.0 Å². The normalized spacial score (nSPS) is 14.3. The van der Waals surface area contributed by atoms with E-state index in [1.807, 2.05) is 11.8 Å². The number of hydrogen-bond donors (Lipinski definition) is 2. The van der Waals surface area contributed by atoms with Crippen molar-refractivity contribution in [3.8, 4) is 0 Å². The highest BCUT2D eigenvalue weighted by Gasteiger charge is 2.20. The van der Waals surface area contributed by atoms with E-state index in [-0.39, 0.29) is 48.0 Å². The zero-order chi connectivity index (χ0) is 19.6. The fourth-order valence-electron chi connectivity index (χ4n) is 2.87. The quantitative estimate of drug-likeness (QED) is 0.264. The third-order valence-electron chi connectivity index (χ3n) is 4.33. The Morgan fingerprint density at radius 3 is 2.25 bits per heavy atom. The summed E-state index contributed by atoms with van der Waals surface area (Å²) in [7, 11) is 0. The molecule has 0 aromatic heterocycles. The molecule has 7 nitrogen and oxygen atoms in total. The second-order valence-electron chi connectivity index (χ2n) is 6.38. The molecule has 28 heavy (non-hydrogen) atoms. The first-order valence-corrected chi connectivity index (χ1v) is 9.29. The number of aliphatic imine (C=N–C) groups is 1. The minimum atomic E-state index is -0.311. The molecule has 2 N–H and O–H groups in total. The average molecular weight is 505 g/mol. The van der Waals surface area contributed by atoms with Gasteiger partial charge in [-0.15, -0.1) is 24.0 Å². The Balaban J connectivity index is 0.00000392. The molecule has 0 radical (unpaired) electrons.